The van der Waals surface area contributed by atoms with Crippen LogP contribution in [0.25, 0.3) is 0 Å². The monoisotopic (exact) mass is 203 g/mol. The summed E-state index contributed by atoms with van der Waals surface area (Å²) in [4.78, 5) is 0. The van der Waals surface area contributed by atoms with Crippen LogP contribution in [-0.2, 0) is 0 Å². The third-order valence-electron chi connectivity index (χ3n) is 3.32. The summed E-state index contributed by atoms with van der Waals surface area (Å²) in [6, 6.07) is 9.40. The SMILES string of the molecule is CC1CC(Nc2ccccc2C(C)C)C1. The molecule has 1 heteroatoms. The van der Waals surface area contributed by atoms with Crippen molar-refractivity contribution in [2.24, 2.45) is 5.92 Å². The Morgan fingerprint density at radius 3 is 2.47 bits per heavy atom. The van der Waals surface area contributed by atoms with E-state index in [1.807, 2.05) is 0 Å². The first-order valence-corrected chi connectivity index (χ1v) is 6.02. The quantitative estimate of drug-likeness (QED) is 0.782. The average Bonchev–Trinajstić information content (AvgIpc) is 2.16. The summed E-state index contributed by atoms with van der Waals surface area (Å²) < 4.78 is 0. The number of hydrogen-bond donors (Lipinski definition) is 1. The lowest BCUT2D eigenvalue weighted by molar-refractivity contribution is 0.309. The molecule has 0 saturated heterocycles. The number of rotatable bonds is 3. The number of nitrogens with one attached hydrogen (secondary N) is 1. The molecule has 0 radical (unpaired) electrons. The topological polar surface area (TPSA) is 12.0 Å². The third-order valence-corrected chi connectivity index (χ3v) is 3.32. The maximum atomic E-state index is 3.66. The Bertz CT molecular complexity index is 324. The van der Waals surface area contributed by atoms with Gasteiger partial charge in [-0.2, -0.15) is 0 Å². The van der Waals surface area contributed by atoms with Crippen LogP contribution in [0, 0.1) is 5.92 Å². The molecular weight excluding hydrogens is 182 g/mol. The van der Waals surface area contributed by atoms with Crippen molar-refractivity contribution < 1.29 is 0 Å². The molecule has 1 aromatic rings. The van der Waals surface area contributed by atoms with E-state index < -0.39 is 0 Å². The molecular formula is C14H21N. The van der Waals surface area contributed by atoms with Crippen molar-refractivity contribution >= 4 is 5.69 Å². The van der Waals surface area contributed by atoms with Gasteiger partial charge in [-0.3, -0.25) is 0 Å². The number of hydrogen-bond acceptors (Lipinski definition) is 1. The fraction of sp³-hybridized carbons (Fsp3) is 0.571. The van der Waals surface area contributed by atoms with E-state index in [0.717, 1.165) is 5.92 Å². The van der Waals surface area contributed by atoms with Crippen LogP contribution >= 0.6 is 0 Å². The molecule has 15 heavy (non-hydrogen) atoms. The van der Waals surface area contributed by atoms with E-state index in [1.165, 1.54) is 24.1 Å². The highest BCUT2D eigenvalue weighted by Crippen LogP contribution is 2.32. The maximum absolute atomic E-state index is 3.66. The lowest BCUT2D eigenvalue weighted by Crippen LogP contribution is -2.34. The van der Waals surface area contributed by atoms with Gasteiger partial charge in [0.1, 0.15) is 0 Å². The Morgan fingerprint density at radius 2 is 1.87 bits per heavy atom. The van der Waals surface area contributed by atoms with E-state index >= 15 is 0 Å². The van der Waals surface area contributed by atoms with E-state index in [4.69, 9.17) is 0 Å². The van der Waals surface area contributed by atoms with Crippen molar-refractivity contribution in [3.8, 4) is 0 Å². The fourth-order valence-corrected chi connectivity index (χ4v) is 2.37. The van der Waals surface area contributed by atoms with Crippen molar-refractivity contribution in [2.75, 3.05) is 5.32 Å². The molecule has 1 nitrogen and oxygen atoms in total. The number of benzene rings is 1. The second-order valence-electron chi connectivity index (χ2n) is 5.16. The van der Waals surface area contributed by atoms with Gasteiger partial charge in [0.25, 0.3) is 0 Å². The molecule has 82 valence electrons. The van der Waals surface area contributed by atoms with Crippen LogP contribution in [0.2, 0.25) is 0 Å². The van der Waals surface area contributed by atoms with Gasteiger partial charge in [-0.15, -0.1) is 0 Å². The average molecular weight is 203 g/mol. The van der Waals surface area contributed by atoms with Crippen LogP contribution in [0.4, 0.5) is 5.69 Å². The predicted octanol–water partition coefficient (Wildman–Crippen LogP) is 4.02. The third kappa shape index (κ3) is 2.34. The van der Waals surface area contributed by atoms with Gasteiger partial charge in [0.05, 0.1) is 0 Å². The van der Waals surface area contributed by atoms with Gasteiger partial charge >= 0.3 is 0 Å². The van der Waals surface area contributed by atoms with Gasteiger partial charge in [-0.1, -0.05) is 39.0 Å². The maximum Gasteiger partial charge on any atom is 0.0377 e. The Labute approximate surface area is 92.9 Å². The van der Waals surface area contributed by atoms with Gasteiger partial charge < -0.3 is 5.32 Å². The van der Waals surface area contributed by atoms with Gasteiger partial charge in [0, 0.05) is 11.7 Å². The smallest absolute Gasteiger partial charge is 0.0377 e. The van der Waals surface area contributed by atoms with Crippen LogP contribution in [0.5, 0.6) is 0 Å². The molecule has 0 atom stereocenters. The molecule has 1 aliphatic rings. The summed E-state index contributed by atoms with van der Waals surface area (Å²) in [5.74, 6) is 1.51. The minimum Gasteiger partial charge on any atom is -0.382 e. The van der Waals surface area contributed by atoms with E-state index in [9.17, 15) is 0 Å². The Kier molecular flexibility index (Phi) is 2.99. The van der Waals surface area contributed by atoms with E-state index in [1.54, 1.807) is 0 Å². The van der Waals surface area contributed by atoms with Crippen LogP contribution in [-0.4, -0.2) is 6.04 Å². The molecule has 1 N–H and O–H groups in total. The second kappa shape index (κ2) is 4.26. The Hall–Kier alpha value is -0.980. The van der Waals surface area contributed by atoms with Crippen molar-refractivity contribution in [1.29, 1.82) is 0 Å². The summed E-state index contributed by atoms with van der Waals surface area (Å²) in [6.07, 6.45) is 2.65. The lowest BCUT2D eigenvalue weighted by Gasteiger charge is -2.35. The Morgan fingerprint density at radius 1 is 1.20 bits per heavy atom. The summed E-state index contributed by atoms with van der Waals surface area (Å²) >= 11 is 0. The zero-order valence-electron chi connectivity index (χ0n) is 9.96. The lowest BCUT2D eigenvalue weighted by atomic mass is 9.81. The summed E-state index contributed by atoms with van der Waals surface area (Å²) in [5, 5.41) is 3.66. The zero-order chi connectivity index (χ0) is 10.8. The first kappa shape index (κ1) is 10.5. The van der Waals surface area contributed by atoms with E-state index in [0.29, 0.717) is 12.0 Å². The van der Waals surface area contributed by atoms with Gasteiger partial charge in [-0.05, 0) is 36.3 Å². The standard InChI is InChI=1S/C14H21N/c1-10(2)13-6-4-5-7-14(13)15-12-8-11(3)9-12/h4-7,10-12,15H,8-9H2,1-3H3. The fourth-order valence-electron chi connectivity index (χ4n) is 2.37. The number of para-hydroxylation sites is 1. The van der Waals surface area contributed by atoms with E-state index in [-0.39, 0.29) is 0 Å². The van der Waals surface area contributed by atoms with Crippen LogP contribution in [0.1, 0.15) is 45.1 Å². The van der Waals surface area contributed by atoms with Gasteiger partial charge in [0.15, 0.2) is 0 Å². The molecule has 1 aromatic carbocycles. The molecule has 0 aromatic heterocycles. The summed E-state index contributed by atoms with van der Waals surface area (Å²) in [7, 11) is 0. The highest BCUT2D eigenvalue weighted by Gasteiger charge is 2.25. The molecule has 0 bridgehead atoms. The summed E-state index contributed by atoms with van der Waals surface area (Å²) in [6.45, 7) is 6.83. The van der Waals surface area contributed by atoms with Crippen molar-refractivity contribution in [3.63, 3.8) is 0 Å². The second-order valence-corrected chi connectivity index (χ2v) is 5.16. The molecule has 1 saturated carbocycles. The van der Waals surface area contributed by atoms with Crippen molar-refractivity contribution in [3.05, 3.63) is 29.8 Å². The van der Waals surface area contributed by atoms with Crippen molar-refractivity contribution in [2.45, 2.75) is 45.6 Å². The van der Waals surface area contributed by atoms with Gasteiger partial charge in [0.2, 0.25) is 0 Å². The van der Waals surface area contributed by atoms with Gasteiger partial charge in [-0.25, -0.2) is 0 Å². The van der Waals surface area contributed by atoms with Crippen molar-refractivity contribution in [1.82, 2.24) is 0 Å². The molecule has 1 fully saturated rings. The largest absolute Gasteiger partial charge is 0.382 e. The highest BCUT2D eigenvalue weighted by molar-refractivity contribution is 5.53. The number of anilines is 1. The van der Waals surface area contributed by atoms with Crippen LogP contribution < -0.4 is 5.32 Å². The Balaban J connectivity index is 2.07. The minimum absolute atomic E-state index is 0.603. The molecule has 0 aliphatic heterocycles. The first-order valence-electron chi connectivity index (χ1n) is 6.02. The van der Waals surface area contributed by atoms with Crippen LogP contribution in [0.3, 0.4) is 0 Å². The molecule has 0 unspecified atom stereocenters. The molecule has 2 rings (SSSR count). The zero-order valence-corrected chi connectivity index (χ0v) is 9.96. The van der Waals surface area contributed by atoms with Crippen LogP contribution in [0.15, 0.2) is 24.3 Å². The molecule has 0 spiro atoms. The van der Waals surface area contributed by atoms with E-state index in [2.05, 4.69) is 50.4 Å². The molecule has 0 heterocycles. The predicted molar refractivity (Wildman–Crippen MR) is 66.3 cm³/mol. The highest BCUT2D eigenvalue weighted by atomic mass is 14.9. The minimum atomic E-state index is 0.603. The molecule has 0 amide bonds. The molecule has 1 aliphatic carbocycles. The summed E-state index contributed by atoms with van der Waals surface area (Å²) in [5.41, 5.74) is 2.78. The normalized spacial score (nSPS) is 25.1. The first-order chi connectivity index (χ1) is 7.16.